The molecule has 5 nitrogen and oxygen atoms in total. The molecule has 2 unspecified atom stereocenters. The summed E-state index contributed by atoms with van der Waals surface area (Å²) >= 11 is 0. The Hall–Kier alpha value is -1.10. The van der Waals surface area contributed by atoms with Gasteiger partial charge in [0.25, 0.3) is 0 Å². The highest BCUT2D eigenvalue weighted by molar-refractivity contribution is 5.91. The van der Waals surface area contributed by atoms with Gasteiger partial charge in [-0.05, 0) is 19.4 Å². The van der Waals surface area contributed by atoms with Crippen LogP contribution in [-0.2, 0) is 4.79 Å². The first-order valence-electron chi connectivity index (χ1n) is 5.02. The maximum Gasteiger partial charge on any atom is 0.328 e. The van der Waals surface area contributed by atoms with E-state index in [9.17, 15) is 4.79 Å². The van der Waals surface area contributed by atoms with Crippen molar-refractivity contribution in [3.8, 4) is 0 Å². The SMILES string of the molecule is O=C(O)C1CN=C(C2CCCNC2)N1. The largest absolute Gasteiger partial charge is 0.480 e. The Bertz CT molecular complexity index is 259. The molecule has 0 aliphatic carbocycles. The quantitative estimate of drug-likeness (QED) is 0.555. The first kappa shape index (κ1) is 9.45. The summed E-state index contributed by atoms with van der Waals surface area (Å²) in [6.45, 7) is 2.35. The summed E-state index contributed by atoms with van der Waals surface area (Å²) in [6, 6.07) is -0.507. The molecule has 2 atom stereocenters. The van der Waals surface area contributed by atoms with Gasteiger partial charge in [-0.1, -0.05) is 0 Å². The number of carboxylic acids is 1. The number of nitrogens with zero attached hydrogens (tertiary/aromatic N) is 1. The van der Waals surface area contributed by atoms with Crippen LogP contribution in [0.4, 0.5) is 0 Å². The van der Waals surface area contributed by atoms with Crippen LogP contribution in [0.2, 0.25) is 0 Å². The van der Waals surface area contributed by atoms with Gasteiger partial charge in [-0.25, -0.2) is 4.79 Å². The van der Waals surface area contributed by atoms with Crippen molar-refractivity contribution in [3.63, 3.8) is 0 Å². The molecule has 2 rings (SSSR count). The molecular weight excluding hydrogens is 182 g/mol. The van der Waals surface area contributed by atoms with Crippen molar-refractivity contribution < 1.29 is 9.90 Å². The summed E-state index contributed by atoms with van der Waals surface area (Å²) in [5.74, 6) is 0.449. The molecule has 0 bridgehead atoms. The topological polar surface area (TPSA) is 73.7 Å². The number of amidine groups is 1. The number of piperidine rings is 1. The standard InChI is InChI=1S/C9H15N3O2/c13-9(14)7-5-11-8(12-7)6-2-1-3-10-4-6/h6-7,10H,1-5H2,(H,11,12)(H,13,14). The number of rotatable bonds is 2. The monoisotopic (exact) mass is 197 g/mol. The number of hydrogen-bond acceptors (Lipinski definition) is 4. The van der Waals surface area contributed by atoms with Crippen LogP contribution in [0.3, 0.4) is 0 Å². The van der Waals surface area contributed by atoms with Crippen LogP contribution in [0.15, 0.2) is 4.99 Å². The van der Waals surface area contributed by atoms with Gasteiger partial charge in [-0.2, -0.15) is 0 Å². The van der Waals surface area contributed by atoms with E-state index in [1.807, 2.05) is 0 Å². The molecule has 2 aliphatic heterocycles. The fraction of sp³-hybridized carbons (Fsp3) is 0.778. The van der Waals surface area contributed by atoms with Crippen LogP contribution >= 0.6 is 0 Å². The van der Waals surface area contributed by atoms with Crippen molar-refractivity contribution in [1.29, 1.82) is 0 Å². The average Bonchev–Trinajstić information content (AvgIpc) is 2.68. The van der Waals surface area contributed by atoms with Gasteiger partial charge in [0.1, 0.15) is 11.9 Å². The summed E-state index contributed by atoms with van der Waals surface area (Å²) in [7, 11) is 0. The van der Waals surface area contributed by atoms with E-state index in [2.05, 4.69) is 15.6 Å². The van der Waals surface area contributed by atoms with E-state index in [-0.39, 0.29) is 0 Å². The average molecular weight is 197 g/mol. The molecule has 0 amide bonds. The van der Waals surface area contributed by atoms with Crippen LogP contribution < -0.4 is 10.6 Å². The third kappa shape index (κ3) is 1.87. The molecule has 0 radical (unpaired) electrons. The van der Waals surface area contributed by atoms with Crippen molar-refractivity contribution in [1.82, 2.24) is 10.6 Å². The van der Waals surface area contributed by atoms with E-state index >= 15 is 0 Å². The van der Waals surface area contributed by atoms with Gasteiger partial charge in [-0.15, -0.1) is 0 Å². The fourth-order valence-electron chi connectivity index (χ4n) is 1.93. The Balaban J connectivity index is 1.90. The molecule has 78 valence electrons. The number of carbonyl (C=O) groups is 1. The molecule has 1 fully saturated rings. The van der Waals surface area contributed by atoms with Gasteiger partial charge in [0.05, 0.1) is 6.54 Å². The Morgan fingerprint density at radius 1 is 1.57 bits per heavy atom. The number of hydrogen-bond donors (Lipinski definition) is 3. The smallest absolute Gasteiger partial charge is 0.328 e. The van der Waals surface area contributed by atoms with Crippen molar-refractivity contribution >= 4 is 11.8 Å². The Morgan fingerprint density at radius 3 is 3.00 bits per heavy atom. The molecule has 0 aromatic carbocycles. The number of carboxylic acid groups (broad SMARTS) is 1. The molecule has 0 saturated carbocycles. The van der Waals surface area contributed by atoms with E-state index in [4.69, 9.17) is 5.11 Å². The van der Waals surface area contributed by atoms with Crippen molar-refractivity contribution in [2.45, 2.75) is 18.9 Å². The van der Waals surface area contributed by atoms with E-state index in [0.717, 1.165) is 31.8 Å². The van der Waals surface area contributed by atoms with E-state index in [1.165, 1.54) is 0 Å². The Morgan fingerprint density at radius 2 is 2.43 bits per heavy atom. The molecule has 2 aliphatic rings. The van der Waals surface area contributed by atoms with Crippen LogP contribution in [0.25, 0.3) is 0 Å². The second-order valence-electron chi connectivity index (χ2n) is 3.80. The van der Waals surface area contributed by atoms with Crippen molar-refractivity contribution in [3.05, 3.63) is 0 Å². The second kappa shape index (κ2) is 3.96. The van der Waals surface area contributed by atoms with Crippen LogP contribution in [-0.4, -0.2) is 42.6 Å². The van der Waals surface area contributed by atoms with Crippen molar-refractivity contribution in [2.75, 3.05) is 19.6 Å². The second-order valence-corrected chi connectivity index (χ2v) is 3.80. The Kier molecular flexibility index (Phi) is 2.67. The zero-order valence-corrected chi connectivity index (χ0v) is 7.99. The van der Waals surface area contributed by atoms with Gasteiger partial charge < -0.3 is 15.7 Å². The van der Waals surface area contributed by atoms with Crippen LogP contribution in [0, 0.1) is 5.92 Å². The van der Waals surface area contributed by atoms with E-state index in [0.29, 0.717) is 12.5 Å². The molecule has 2 heterocycles. The molecular formula is C9H15N3O2. The van der Waals surface area contributed by atoms with Gasteiger partial charge >= 0.3 is 5.97 Å². The molecule has 3 N–H and O–H groups in total. The minimum absolute atomic E-state index is 0.376. The molecule has 0 spiro atoms. The minimum Gasteiger partial charge on any atom is -0.480 e. The molecule has 0 aromatic heterocycles. The lowest BCUT2D eigenvalue weighted by Gasteiger charge is -2.23. The summed E-state index contributed by atoms with van der Waals surface area (Å²) in [4.78, 5) is 14.9. The van der Waals surface area contributed by atoms with Crippen molar-refractivity contribution in [2.24, 2.45) is 10.9 Å². The maximum atomic E-state index is 10.7. The normalized spacial score (nSPS) is 32.1. The summed E-state index contributed by atoms with van der Waals surface area (Å²) in [5.41, 5.74) is 0. The summed E-state index contributed by atoms with van der Waals surface area (Å²) < 4.78 is 0. The molecule has 0 aromatic rings. The predicted octanol–water partition coefficient (Wildman–Crippen LogP) is -0.559. The maximum absolute atomic E-state index is 10.7. The van der Waals surface area contributed by atoms with E-state index < -0.39 is 12.0 Å². The lowest BCUT2D eigenvalue weighted by atomic mass is 9.98. The first-order chi connectivity index (χ1) is 6.77. The highest BCUT2D eigenvalue weighted by Crippen LogP contribution is 2.14. The summed E-state index contributed by atoms with van der Waals surface area (Å²) in [5, 5.41) is 15.0. The molecule has 14 heavy (non-hydrogen) atoms. The van der Waals surface area contributed by atoms with E-state index in [1.54, 1.807) is 0 Å². The number of aliphatic carboxylic acids is 1. The number of aliphatic imine (C=N–C) groups is 1. The summed E-state index contributed by atoms with van der Waals surface area (Å²) in [6.07, 6.45) is 2.24. The third-order valence-corrected chi connectivity index (χ3v) is 2.75. The van der Waals surface area contributed by atoms with Gasteiger partial charge in [0.15, 0.2) is 0 Å². The van der Waals surface area contributed by atoms with Gasteiger partial charge in [0.2, 0.25) is 0 Å². The fourth-order valence-corrected chi connectivity index (χ4v) is 1.93. The minimum atomic E-state index is -0.812. The van der Waals surface area contributed by atoms with Gasteiger partial charge in [0, 0.05) is 12.5 Å². The van der Waals surface area contributed by atoms with Crippen LogP contribution in [0.1, 0.15) is 12.8 Å². The molecule has 5 heteroatoms. The lowest BCUT2D eigenvalue weighted by molar-refractivity contribution is -0.138. The zero-order valence-electron chi connectivity index (χ0n) is 7.99. The Labute approximate surface area is 82.6 Å². The lowest BCUT2D eigenvalue weighted by Crippen LogP contribution is -2.43. The highest BCUT2D eigenvalue weighted by atomic mass is 16.4. The first-order valence-corrected chi connectivity index (χ1v) is 5.02. The number of nitrogens with one attached hydrogen (secondary N) is 2. The van der Waals surface area contributed by atoms with Crippen LogP contribution in [0.5, 0.6) is 0 Å². The molecule has 1 saturated heterocycles. The predicted molar refractivity (Wildman–Crippen MR) is 52.5 cm³/mol. The zero-order chi connectivity index (χ0) is 9.97. The third-order valence-electron chi connectivity index (χ3n) is 2.75. The van der Waals surface area contributed by atoms with Gasteiger partial charge in [-0.3, -0.25) is 4.99 Å². The highest BCUT2D eigenvalue weighted by Gasteiger charge is 2.28.